The Morgan fingerprint density at radius 3 is 2.60 bits per heavy atom. The summed E-state index contributed by atoms with van der Waals surface area (Å²) in [6, 6.07) is 11.8. The number of benzene rings is 1. The first kappa shape index (κ1) is 24.2. The molecular weight excluding hydrogens is 370 g/mol. The van der Waals surface area contributed by atoms with Crippen molar-refractivity contribution in [1.29, 1.82) is 5.26 Å². The van der Waals surface area contributed by atoms with Gasteiger partial charge in [0.1, 0.15) is 0 Å². The third-order valence-corrected chi connectivity index (χ3v) is 6.85. The average molecular weight is 410 g/mol. The molecular formula is C27H39NO2. The molecule has 0 bridgehead atoms. The van der Waals surface area contributed by atoms with Gasteiger partial charge in [0.15, 0.2) is 0 Å². The van der Waals surface area contributed by atoms with E-state index in [9.17, 15) is 10.1 Å². The van der Waals surface area contributed by atoms with Crippen molar-refractivity contribution in [3.63, 3.8) is 0 Å². The lowest BCUT2D eigenvalue weighted by atomic mass is 9.79. The monoisotopic (exact) mass is 409 g/mol. The van der Waals surface area contributed by atoms with Gasteiger partial charge in [-0.1, -0.05) is 76.5 Å². The fraction of sp³-hybridized carbons (Fsp3) is 0.630. The molecule has 0 heterocycles. The number of carboxylic acids is 1. The Kier molecular flexibility index (Phi) is 10.1. The first-order chi connectivity index (χ1) is 14.5. The minimum Gasteiger partial charge on any atom is -0.481 e. The van der Waals surface area contributed by atoms with Crippen LogP contribution in [0.2, 0.25) is 0 Å². The first-order valence-electron chi connectivity index (χ1n) is 11.8. The highest BCUT2D eigenvalue weighted by Gasteiger charge is 2.41. The Balaban J connectivity index is 2.02. The normalized spacial score (nSPS) is 24.7. The van der Waals surface area contributed by atoms with Crippen LogP contribution in [-0.2, 0) is 4.79 Å². The highest BCUT2D eigenvalue weighted by atomic mass is 16.4. The second kappa shape index (κ2) is 12.6. The SMILES string of the molecule is CCCCCC(C)c1ccc([C@@H]2[C@@H](CC=CCCCC(=O)O)[C@H](C#N)C[C@H]2C)cc1. The van der Waals surface area contributed by atoms with Crippen molar-refractivity contribution < 1.29 is 9.90 Å². The number of nitriles is 1. The van der Waals surface area contributed by atoms with E-state index in [1.807, 2.05) is 0 Å². The molecule has 0 radical (unpaired) electrons. The van der Waals surface area contributed by atoms with Crippen LogP contribution < -0.4 is 0 Å². The Labute approximate surface area is 183 Å². The molecule has 1 unspecified atom stereocenters. The maximum atomic E-state index is 10.6. The van der Waals surface area contributed by atoms with Gasteiger partial charge >= 0.3 is 5.97 Å². The number of hydrogen-bond donors (Lipinski definition) is 1. The van der Waals surface area contributed by atoms with Gasteiger partial charge in [0.25, 0.3) is 0 Å². The van der Waals surface area contributed by atoms with Gasteiger partial charge in [-0.2, -0.15) is 5.26 Å². The molecule has 1 N–H and O–H groups in total. The Bertz CT molecular complexity index is 715. The summed E-state index contributed by atoms with van der Waals surface area (Å²) >= 11 is 0. The summed E-state index contributed by atoms with van der Waals surface area (Å²) in [6.07, 6.45) is 12.9. The summed E-state index contributed by atoms with van der Waals surface area (Å²) in [7, 11) is 0. The Morgan fingerprint density at radius 1 is 1.23 bits per heavy atom. The zero-order chi connectivity index (χ0) is 21.9. The molecule has 1 aromatic carbocycles. The zero-order valence-corrected chi connectivity index (χ0v) is 19.0. The minimum absolute atomic E-state index is 0.0984. The van der Waals surface area contributed by atoms with E-state index in [2.05, 4.69) is 63.3 Å². The molecule has 0 saturated heterocycles. The van der Waals surface area contributed by atoms with E-state index in [4.69, 9.17) is 5.11 Å². The Morgan fingerprint density at radius 2 is 1.97 bits per heavy atom. The molecule has 5 atom stereocenters. The largest absolute Gasteiger partial charge is 0.481 e. The average Bonchev–Trinajstić information content (AvgIpc) is 3.05. The molecule has 0 amide bonds. The van der Waals surface area contributed by atoms with Gasteiger partial charge in [0.05, 0.1) is 12.0 Å². The molecule has 1 fully saturated rings. The quantitative estimate of drug-likeness (QED) is 0.288. The molecule has 3 heteroatoms. The number of hydrogen-bond acceptors (Lipinski definition) is 2. The van der Waals surface area contributed by atoms with E-state index in [0.717, 1.165) is 19.3 Å². The second-order valence-corrected chi connectivity index (χ2v) is 9.19. The standard InChI is InChI=1S/C27H39NO2/c1-4-5-8-11-20(2)22-14-16-23(17-15-22)27-21(3)18-24(19-28)25(27)12-9-6-7-10-13-26(29)30/h6,9,14-17,20-21,24-25,27H,4-5,7-8,10-13,18H2,1-3H3,(H,29,30)/t20?,21-,24+,25+,27-/m1/s1. The van der Waals surface area contributed by atoms with E-state index in [1.165, 1.54) is 36.8 Å². The maximum absolute atomic E-state index is 10.6. The summed E-state index contributed by atoms with van der Waals surface area (Å²) in [4.78, 5) is 10.6. The van der Waals surface area contributed by atoms with Crippen LogP contribution in [0.15, 0.2) is 36.4 Å². The van der Waals surface area contributed by atoms with Crippen molar-refractivity contribution in [2.75, 3.05) is 0 Å². The lowest BCUT2D eigenvalue weighted by molar-refractivity contribution is -0.137. The van der Waals surface area contributed by atoms with Crippen LogP contribution in [0.4, 0.5) is 0 Å². The van der Waals surface area contributed by atoms with Crippen molar-refractivity contribution in [3.8, 4) is 6.07 Å². The van der Waals surface area contributed by atoms with Crippen LogP contribution in [0.3, 0.4) is 0 Å². The topological polar surface area (TPSA) is 61.1 Å². The van der Waals surface area contributed by atoms with Gasteiger partial charge in [-0.25, -0.2) is 0 Å². The summed E-state index contributed by atoms with van der Waals surface area (Å²) < 4.78 is 0. The summed E-state index contributed by atoms with van der Waals surface area (Å²) in [5, 5.41) is 18.4. The van der Waals surface area contributed by atoms with Crippen LogP contribution in [-0.4, -0.2) is 11.1 Å². The fourth-order valence-corrected chi connectivity index (χ4v) is 5.09. The highest BCUT2D eigenvalue weighted by Crippen LogP contribution is 2.49. The molecule has 0 aromatic heterocycles. The number of rotatable bonds is 12. The molecule has 0 spiro atoms. The van der Waals surface area contributed by atoms with Gasteiger partial charge < -0.3 is 5.11 Å². The van der Waals surface area contributed by atoms with Gasteiger partial charge in [0.2, 0.25) is 0 Å². The van der Waals surface area contributed by atoms with Crippen LogP contribution >= 0.6 is 0 Å². The van der Waals surface area contributed by atoms with Crippen molar-refractivity contribution in [1.82, 2.24) is 0 Å². The highest BCUT2D eigenvalue weighted by molar-refractivity contribution is 5.66. The maximum Gasteiger partial charge on any atom is 0.303 e. The van der Waals surface area contributed by atoms with Gasteiger partial charge in [-0.3, -0.25) is 4.79 Å². The number of carboxylic acid groups (broad SMARTS) is 1. The number of nitrogens with zero attached hydrogens (tertiary/aromatic N) is 1. The van der Waals surface area contributed by atoms with Gasteiger partial charge in [0, 0.05) is 6.42 Å². The van der Waals surface area contributed by atoms with E-state index in [1.54, 1.807) is 0 Å². The van der Waals surface area contributed by atoms with E-state index >= 15 is 0 Å². The predicted molar refractivity (Wildman–Crippen MR) is 123 cm³/mol. The van der Waals surface area contributed by atoms with Crippen molar-refractivity contribution in [3.05, 3.63) is 47.5 Å². The van der Waals surface area contributed by atoms with E-state index < -0.39 is 5.97 Å². The van der Waals surface area contributed by atoms with E-state index in [-0.39, 0.29) is 12.3 Å². The zero-order valence-electron chi connectivity index (χ0n) is 19.0. The van der Waals surface area contributed by atoms with E-state index in [0.29, 0.717) is 30.1 Å². The number of carbonyl (C=O) groups is 1. The molecule has 3 nitrogen and oxygen atoms in total. The van der Waals surface area contributed by atoms with Crippen LogP contribution in [0.5, 0.6) is 0 Å². The molecule has 0 aliphatic heterocycles. The molecule has 1 aromatic rings. The first-order valence-corrected chi connectivity index (χ1v) is 11.8. The van der Waals surface area contributed by atoms with Crippen molar-refractivity contribution in [2.24, 2.45) is 17.8 Å². The lowest BCUT2D eigenvalue weighted by Crippen LogP contribution is -2.14. The predicted octanol–water partition coefficient (Wildman–Crippen LogP) is 7.45. The third kappa shape index (κ3) is 7.01. The number of aliphatic carboxylic acids is 1. The number of allylic oxidation sites excluding steroid dienone is 2. The van der Waals surface area contributed by atoms with Crippen LogP contribution in [0.1, 0.15) is 102 Å². The number of unbranched alkanes of at least 4 members (excludes halogenated alkanes) is 3. The van der Waals surface area contributed by atoms with Crippen LogP contribution in [0.25, 0.3) is 0 Å². The van der Waals surface area contributed by atoms with Crippen molar-refractivity contribution in [2.45, 2.75) is 90.4 Å². The molecule has 2 rings (SSSR count). The summed E-state index contributed by atoms with van der Waals surface area (Å²) in [5.74, 6) is 1.23. The van der Waals surface area contributed by atoms with Crippen molar-refractivity contribution >= 4 is 5.97 Å². The molecule has 1 aliphatic rings. The summed E-state index contributed by atoms with van der Waals surface area (Å²) in [6.45, 7) is 6.86. The summed E-state index contributed by atoms with van der Waals surface area (Å²) in [5.41, 5.74) is 2.79. The fourth-order valence-electron chi connectivity index (χ4n) is 5.09. The van der Waals surface area contributed by atoms with Gasteiger partial charge in [-0.15, -0.1) is 0 Å². The second-order valence-electron chi connectivity index (χ2n) is 9.19. The minimum atomic E-state index is -0.735. The van der Waals surface area contributed by atoms with Crippen LogP contribution in [0, 0.1) is 29.1 Å². The molecule has 164 valence electrons. The lowest BCUT2D eigenvalue weighted by Gasteiger charge is -2.24. The molecule has 30 heavy (non-hydrogen) atoms. The Hall–Kier alpha value is -2.08. The smallest absolute Gasteiger partial charge is 0.303 e. The van der Waals surface area contributed by atoms with Gasteiger partial charge in [-0.05, 0) is 66.9 Å². The molecule has 1 aliphatic carbocycles. The molecule has 1 saturated carbocycles. The third-order valence-electron chi connectivity index (χ3n) is 6.85.